The standard InChI is InChI=1S/C13H21NO5/c1-6-18-11(16)9-7-8(2)10(15)14(9)12(17)19-13(3,4)5/h8-9H,6-7H2,1-5H3/t8-,9-/m0/s1. The number of esters is 1. The van der Waals surface area contributed by atoms with Gasteiger partial charge in [0.2, 0.25) is 5.91 Å². The van der Waals surface area contributed by atoms with E-state index in [0.717, 1.165) is 4.90 Å². The second kappa shape index (κ2) is 5.59. The predicted molar refractivity (Wildman–Crippen MR) is 67.3 cm³/mol. The Morgan fingerprint density at radius 3 is 2.42 bits per heavy atom. The first-order valence-electron chi connectivity index (χ1n) is 6.40. The van der Waals surface area contributed by atoms with E-state index in [-0.39, 0.29) is 18.9 Å². The molecular weight excluding hydrogens is 250 g/mol. The molecule has 0 radical (unpaired) electrons. The number of carbonyl (C=O) groups is 3. The van der Waals surface area contributed by atoms with Crippen LogP contribution in [0.15, 0.2) is 0 Å². The van der Waals surface area contributed by atoms with Gasteiger partial charge < -0.3 is 9.47 Å². The molecule has 0 aromatic rings. The van der Waals surface area contributed by atoms with E-state index < -0.39 is 29.6 Å². The van der Waals surface area contributed by atoms with E-state index in [9.17, 15) is 14.4 Å². The minimum absolute atomic E-state index is 0.208. The van der Waals surface area contributed by atoms with Crippen molar-refractivity contribution in [2.24, 2.45) is 5.92 Å². The largest absolute Gasteiger partial charge is 0.464 e. The van der Waals surface area contributed by atoms with E-state index >= 15 is 0 Å². The first-order chi connectivity index (χ1) is 8.67. The molecule has 0 spiro atoms. The van der Waals surface area contributed by atoms with Gasteiger partial charge in [-0.1, -0.05) is 6.92 Å². The fourth-order valence-electron chi connectivity index (χ4n) is 1.90. The number of rotatable bonds is 2. The third-order valence-corrected chi connectivity index (χ3v) is 2.70. The van der Waals surface area contributed by atoms with E-state index in [4.69, 9.17) is 9.47 Å². The van der Waals surface area contributed by atoms with E-state index in [0.29, 0.717) is 0 Å². The Morgan fingerprint density at radius 1 is 1.37 bits per heavy atom. The van der Waals surface area contributed by atoms with Crippen molar-refractivity contribution in [3.63, 3.8) is 0 Å². The normalized spacial score (nSPS) is 23.4. The average Bonchev–Trinajstić information content (AvgIpc) is 2.53. The summed E-state index contributed by atoms with van der Waals surface area (Å²) in [5.74, 6) is -1.35. The highest BCUT2D eigenvalue weighted by atomic mass is 16.6. The molecule has 0 N–H and O–H groups in total. The van der Waals surface area contributed by atoms with Crippen molar-refractivity contribution < 1.29 is 23.9 Å². The summed E-state index contributed by atoms with van der Waals surface area (Å²) < 4.78 is 10.0. The molecule has 1 heterocycles. The molecule has 0 saturated carbocycles. The summed E-state index contributed by atoms with van der Waals surface area (Å²) in [5.41, 5.74) is -0.720. The van der Waals surface area contributed by atoms with Crippen LogP contribution in [0.5, 0.6) is 0 Å². The van der Waals surface area contributed by atoms with Gasteiger partial charge in [-0.15, -0.1) is 0 Å². The van der Waals surface area contributed by atoms with Crippen LogP contribution in [0.2, 0.25) is 0 Å². The zero-order valence-corrected chi connectivity index (χ0v) is 12.1. The highest BCUT2D eigenvalue weighted by molar-refractivity contribution is 6.00. The predicted octanol–water partition coefficient (Wildman–Crippen LogP) is 1.72. The molecule has 0 aromatic carbocycles. The number of carbonyl (C=O) groups excluding carboxylic acids is 3. The highest BCUT2D eigenvalue weighted by Crippen LogP contribution is 2.27. The summed E-state index contributed by atoms with van der Waals surface area (Å²) >= 11 is 0. The van der Waals surface area contributed by atoms with E-state index in [1.54, 1.807) is 34.6 Å². The Morgan fingerprint density at radius 2 is 1.95 bits per heavy atom. The lowest BCUT2D eigenvalue weighted by atomic mass is 10.1. The fourth-order valence-corrected chi connectivity index (χ4v) is 1.90. The van der Waals surface area contributed by atoms with Crippen molar-refractivity contribution in [1.29, 1.82) is 0 Å². The topological polar surface area (TPSA) is 72.9 Å². The van der Waals surface area contributed by atoms with Crippen LogP contribution in [0.4, 0.5) is 4.79 Å². The van der Waals surface area contributed by atoms with E-state index in [2.05, 4.69) is 0 Å². The quantitative estimate of drug-likeness (QED) is 0.715. The summed E-state index contributed by atoms with van der Waals surface area (Å²) in [5, 5.41) is 0. The van der Waals surface area contributed by atoms with Gasteiger partial charge in [0.15, 0.2) is 0 Å². The van der Waals surface area contributed by atoms with Gasteiger partial charge in [-0.2, -0.15) is 0 Å². The van der Waals surface area contributed by atoms with Crippen LogP contribution in [0, 0.1) is 5.92 Å². The van der Waals surface area contributed by atoms with Crippen LogP contribution in [-0.2, 0) is 19.1 Å². The van der Waals surface area contributed by atoms with Gasteiger partial charge in [0.05, 0.1) is 6.61 Å². The molecule has 2 atom stereocenters. The molecule has 108 valence electrons. The number of hydrogen-bond donors (Lipinski definition) is 0. The Balaban J connectivity index is 2.89. The number of imide groups is 1. The molecule has 1 rings (SSSR count). The maximum absolute atomic E-state index is 12.0. The third-order valence-electron chi connectivity index (χ3n) is 2.70. The molecule has 0 aromatic heterocycles. The van der Waals surface area contributed by atoms with Crippen molar-refractivity contribution in [1.82, 2.24) is 4.90 Å². The summed E-state index contributed by atoms with van der Waals surface area (Å²) in [6, 6.07) is -0.878. The molecule has 2 amide bonds. The Kier molecular flexibility index (Phi) is 4.55. The fraction of sp³-hybridized carbons (Fsp3) is 0.769. The van der Waals surface area contributed by atoms with Gasteiger partial charge in [-0.3, -0.25) is 4.79 Å². The molecular formula is C13H21NO5. The molecule has 1 aliphatic rings. The average molecular weight is 271 g/mol. The van der Waals surface area contributed by atoms with Crippen molar-refractivity contribution in [3.05, 3.63) is 0 Å². The summed E-state index contributed by atoms with van der Waals surface area (Å²) in [7, 11) is 0. The second-order valence-electron chi connectivity index (χ2n) is 5.59. The van der Waals surface area contributed by atoms with Gasteiger partial charge >= 0.3 is 12.1 Å². The minimum Gasteiger partial charge on any atom is -0.464 e. The van der Waals surface area contributed by atoms with Crippen LogP contribution >= 0.6 is 0 Å². The minimum atomic E-state index is -0.878. The number of amides is 2. The summed E-state index contributed by atoms with van der Waals surface area (Å²) in [6.07, 6.45) is -0.517. The lowest BCUT2D eigenvalue weighted by Crippen LogP contribution is -2.46. The SMILES string of the molecule is CCOC(=O)[C@@H]1C[C@H](C)C(=O)N1C(=O)OC(C)(C)C. The Hall–Kier alpha value is -1.59. The monoisotopic (exact) mass is 271 g/mol. The van der Waals surface area contributed by atoms with Gasteiger partial charge in [0.1, 0.15) is 11.6 Å². The van der Waals surface area contributed by atoms with Crippen molar-refractivity contribution >= 4 is 18.0 Å². The zero-order chi connectivity index (χ0) is 14.8. The molecule has 0 aliphatic carbocycles. The van der Waals surface area contributed by atoms with Crippen LogP contribution < -0.4 is 0 Å². The van der Waals surface area contributed by atoms with Gasteiger partial charge in [-0.25, -0.2) is 14.5 Å². The lowest BCUT2D eigenvalue weighted by molar-refractivity contribution is -0.151. The first-order valence-corrected chi connectivity index (χ1v) is 6.40. The lowest BCUT2D eigenvalue weighted by Gasteiger charge is -2.26. The van der Waals surface area contributed by atoms with E-state index in [1.165, 1.54) is 0 Å². The van der Waals surface area contributed by atoms with Crippen molar-refractivity contribution in [2.75, 3.05) is 6.61 Å². The summed E-state index contributed by atoms with van der Waals surface area (Å²) in [6.45, 7) is 8.67. The maximum atomic E-state index is 12.0. The number of nitrogens with zero attached hydrogens (tertiary/aromatic N) is 1. The molecule has 0 unspecified atom stereocenters. The molecule has 0 bridgehead atoms. The van der Waals surface area contributed by atoms with Gasteiger partial charge in [0, 0.05) is 5.92 Å². The molecule has 19 heavy (non-hydrogen) atoms. The van der Waals surface area contributed by atoms with Crippen LogP contribution in [0.3, 0.4) is 0 Å². The van der Waals surface area contributed by atoms with E-state index in [1.807, 2.05) is 0 Å². The Labute approximate surface area is 113 Å². The number of ether oxygens (including phenoxy) is 2. The van der Waals surface area contributed by atoms with Gasteiger partial charge in [0.25, 0.3) is 0 Å². The molecule has 1 aliphatic heterocycles. The van der Waals surface area contributed by atoms with Gasteiger partial charge in [-0.05, 0) is 34.1 Å². The molecule has 1 saturated heterocycles. The van der Waals surface area contributed by atoms with Crippen LogP contribution in [0.25, 0.3) is 0 Å². The van der Waals surface area contributed by atoms with Crippen molar-refractivity contribution in [3.8, 4) is 0 Å². The third kappa shape index (κ3) is 3.68. The summed E-state index contributed by atoms with van der Waals surface area (Å²) in [4.78, 5) is 36.7. The Bertz CT molecular complexity index is 385. The second-order valence-corrected chi connectivity index (χ2v) is 5.59. The zero-order valence-electron chi connectivity index (χ0n) is 12.1. The molecule has 1 fully saturated rings. The molecule has 6 nitrogen and oxygen atoms in total. The van der Waals surface area contributed by atoms with Crippen molar-refractivity contribution in [2.45, 2.75) is 52.7 Å². The highest BCUT2D eigenvalue weighted by Gasteiger charge is 2.47. The van der Waals surface area contributed by atoms with Crippen LogP contribution in [-0.4, -0.2) is 41.1 Å². The first kappa shape index (κ1) is 15.5. The molecule has 6 heteroatoms. The van der Waals surface area contributed by atoms with Crippen LogP contribution in [0.1, 0.15) is 41.0 Å². The number of hydrogen-bond acceptors (Lipinski definition) is 5. The smallest absolute Gasteiger partial charge is 0.417 e. The number of likely N-dealkylation sites (tertiary alicyclic amines) is 1. The maximum Gasteiger partial charge on any atom is 0.417 e.